The maximum atomic E-state index is 12.8. The Balaban J connectivity index is 1.60. The smallest absolute Gasteiger partial charge is 0.257 e. The Morgan fingerprint density at radius 3 is 2.11 bits per heavy atom. The summed E-state index contributed by atoms with van der Waals surface area (Å²) in [6.07, 6.45) is 5.45. The lowest BCUT2D eigenvalue weighted by Gasteiger charge is -2.36. The molecule has 1 aliphatic heterocycles. The van der Waals surface area contributed by atoms with Crippen molar-refractivity contribution in [2.24, 2.45) is 0 Å². The highest BCUT2D eigenvalue weighted by Gasteiger charge is 2.23. The third-order valence-electron chi connectivity index (χ3n) is 4.84. The van der Waals surface area contributed by atoms with Crippen LogP contribution in [0.5, 0.6) is 0 Å². The van der Waals surface area contributed by atoms with E-state index < -0.39 is 0 Å². The van der Waals surface area contributed by atoms with E-state index in [2.05, 4.69) is 45.7 Å². The number of piperazine rings is 1. The van der Waals surface area contributed by atoms with E-state index >= 15 is 0 Å². The molecule has 2 aromatic rings. The van der Waals surface area contributed by atoms with Gasteiger partial charge in [-0.25, -0.2) is 9.97 Å². The van der Waals surface area contributed by atoms with Gasteiger partial charge in [-0.05, 0) is 25.0 Å². The second-order valence-corrected chi connectivity index (χ2v) is 6.87. The van der Waals surface area contributed by atoms with Crippen molar-refractivity contribution in [1.29, 1.82) is 0 Å². The van der Waals surface area contributed by atoms with Crippen LogP contribution in [0.1, 0.15) is 37.0 Å². The van der Waals surface area contributed by atoms with Crippen LogP contribution < -0.4 is 9.80 Å². The molecule has 27 heavy (non-hydrogen) atoms. The number of hydrogen-bond donors (Lipinski definition) is 0. The van der Waals surface area contributed by atoms with Gasteiger partial charge in [0.05, 0.1) is 5.56 Å². The third-order valence-corrected chi connectivity index (χ3v) is 4.84. The van der Waals surface area contributed by atoms with E-state index in [1.54, 1.807) is 12.4 Å². The number of para-hydroxylation sites is 1. The summed E-state index contributed by atoms with van der Waals surface area (Å²) in [5.41, 5.74) is 1.78. The van der Waals surface area contributed by atoms with Gasteiger partial charge in [0, 0.05) is 57.3 Å². The summed E-state index contributed by atoms with van der Waals surface area (Å²) < 4.78 is 0. The Morgan fingerprint density at radius 1 is 0.963 bits per heavy atom. The number of anilines is 2. The van der Waals surface area contributed by atoms with E-state index in [9.17, 15) is 4.79 Å². The van der Waals surface area contributed by atoms with E-state index in [1.807, 2.05) is 23.1 Å². The zero-order valence-corrected chi connectivity index (χ0v) is 16.3. The van der Waals surface area contributed by atoms with Gasteiger partial charge in [-0.15, -0.1) is 0 Å². The van der Waals surface area contributed by atoms with Crippen LogP contribution in [-0.4, -0.2) is 60.0 Å². The van der Waals surface area contributed by atoms with E-state index in [4.69, 9.17) is 0 Å². The van der Waals surface area contributed by atoms with Gasteiger partial charge < -0.3 is 14.7 Å². The maximum absolute atomic E-state index is 12.8. The molecule has 1 saturated heterocycles. The topological polar surface area (TPSA) is 52.6 Å². The van der Waals surface area contributed by atoms with E-state index in [-0.39, 0.29) is 5.91 Å². The van der Waals surface area contributed by atoms with Gasteiger partial charge in [0.2, 0.25) is 5.95 Å². The van der Waals surface area contributed by atoms with Crippen molar-refractivity contribution in [3.8, 4) is 0 Å². The van der Waals surface area contributed by atoms with Gasteiger partial charge in [-0.1, -0.05) is 32.0 Å². The van der Waals surface area contributed by atoms with Gasteiger partial charge in [0.15, 0.2) is 0 Å². The minimum Gasteiger partial charge on any atom is -0.368 e. The van der Waals surface area contributed by atoms with Crippen LogP contribution in [0.25, 0.3) is 0 Å². The molecular formula is C21H29N5O. The van der Waals surface area contributed by atoms with Gasteiger partial charge in [0.1, 0.15) is 0 Å². The molecule has 1 amide bonds. The predicted octanol–water partition coefficient (Wildman–Crippen LogP) is 3.07. The average molecular weight is 367 g/mol. The first-order valence-corrected chi connectivity index (χ1v) is 9.89. The Labute approximate surface area is 161 Å². The molecule has 1 aromatic heterocycles. The lowest BCUT2D eigenvalue weighted by atomic mass is 10.2. The number of carbonyl (C=O) groups excluding carboxylic acids is 1. The first-order chi connectivity index (χ1) is 13.2. The fourth-order valence-electron chi connectivity index (χ4n) is 3.44. The summed E-state index contributed by atoms with van der Waals surface area (Å²) in [5.74, 6) is 0.732. The molecule has 0 radical (unpaired) electrons. The van der Waals surface area contributed by atoms with Crippen LogP contribution in [0, 0.1) is 0 Å². The molecule has 1 fully saturated rings. The molecule has 1 aliphatic rings. The number of nitrogens with zero attached hydrogens (tertiary/aromatic N) is 5. The van der Waals surface area contributed by atoms with Crippen LogP contribution in [0.4, 0.5) is 11.6 Å². The second kappa shape index (κ2) is 9.35. The highest BCUT2D eigenvalue weighted by molar-refractivity contribution is 5.93. The fraction of sp³-hybridized carbons (Fsp3) is 0.476. The Morgan fingerprint density at radius 2 is 1.56 bits per heavy atom. The fourth-order valence-corrected chi connectivity index (χ4v) is 3.44. The van der Waals surface area contributed by atoms with Crippen LogP contribution in [0.15, 0.2) is 42.7 Å². The monoisotopic (exact) mass is 367 g/mol. The zero-order chi connectivity index (χ0) is 19.1. The molecule has 6 nitrogen and oxygen atoms in total. The molecular weight excluding hydrogens is 338 g/mol. The summed E-state index contributed by atoms with van der Waals surface area (Å²) >= 11 is 0. The molecule has 0 unspecified atom stereocenters. The zero-order valence-electron chi connectivity index (χ0n) is 16.3. The number of carbonyl (C=O) groups is 1. The maximum Gasteiger partial charge on any atom is 0.257 e. The Bertz CT molecular complexity index is 705. The first kappa shape index (κ1) is 19.1. The van der Waals surface area contributed by atoms with Crippen LogP contribution in [0.2, 0.25) is 0 Å². The molecule has 0 aliphatic carbocycles. The van der Waals surface area contributed by atoms with Crippen molar-refractivity contribution in [2.45, 2.75) is 26.7 Å². The molecule has 0 bridgehead atoms. The Hall–Kier alpha value is -2.63. The van der Waals surface area contributed by atoms with Crippen molar-refractivity contribution in [3.05, 3.63) is 48.3 Å². The first-order valence-electron chi connectivity index (χ1n) is 9.89. The molecule has 144 valence electrons. The van der Waals surface area contributed by atoms with E-state index in [0.717, 1.165) is 39.0 Å². The molecule has 0 spiro atoms. The van der Waals surface area contributed by atoms with Crippen LogP contribution >= 0.6 is 0 Å². The number of hydrogen-bond acceptors (Lipinski definition) is 5. The van der Waals surface area contributed by atoms with Crippen LogP contribution in [-0.2, 0) is 0 Å². The minimum absolute atomic E-state index is 0.0202. The summed E-state index contributed by atoms with van der Waals surface area (Å²) in [7, 11) is 0. The van der Waals surface area contributed by atoms with Crippen molar-refractivity contribution < 1.29 is 4.79 Å². The van der Waals surface area contributed by atoms with Crippen molar-refractivity contribution in [2.75, 3.05) is 49.1 Å². The molecule has 0 atom stereocenters. The molecule has 2 heterocycles. The largest absolute Gasteiger partial charge is 0.368 e. The van der Waals surface area contributed by atoms with Gasteiger partial charge in [0.25, 0.3) is 5.91 Å². The minimum atomic E-state index is 0.0202. The van der Waals surface area contributed by atoms with Gasteiger partial charge >= 0.3 is 0 Å². The molecule has 0 N–H and O–H groups in total. The van der Waals surface area contributed by atoms with Gasteiger partial charge in [-0.3, -0.25) is 4.79 Å². The summed E-state index contributed by atoms with van der Waals surface area (Å²) in [5, 5.41) is 0. The highest BCUT2D eigenvalue weighted by Crippen LogP contribution is 2.17. The summed E-state index contributed by atoms with van der Waals surface area (Å²) in [6, 6.07) is 10.3. The number of amides is 1. The number of aromatic nitrogens is 2. The highest BCUT2D eigenvalue weighted by atomic mass is 16.2. The normalized spacial score (nSPS) is 14.3. The Kier molecular flexibility index (Phi) is 6.63. The predicted molar refractivity (Wildman–Crippen MR) is 109 cm³/mol. The number of rotatable bonds is 7. The van der Waals surface area contributed by atoms with E-state index in [1.165, 1.54) is 5.69 Å². The quantitative estimate of drug-likeness (QED) is 0.753. The number of benzene rings is 1. The van der Waals surface area contributed by atoms with Crippen LogP contribution in [0.3, 0.4) is 0 Å². The molecule has 6 heteroatoms. The molecule has 3 rings (SSSR count). The standard InChI is InChI=1S/C21H29N5O/c1-3-10-26(11-4-2)21-22-16-18(17-23-21)20(27)25-14-12-24(13-15-25)19-8-6-5-7-9-19/h5-9,16-17H,3-4,10-15H2,1-2H3. The van der Waals surface area contributed by atoms with E-state index in [0.29, 0.717) is 24.6 Å². The average Bonchev–Trinajstić information content (AvgIpc) is 2.74. The SMILES string of the molecule is CCCN(CCC)c1ncc(C(=O)N2CCN(c3ccccc3)CC2)cn1. The lowest BCUT2D eigenvalue weighted by Crippen LogP contribution is -2.48. The molecule has 0 saturated carbocycles. The van der Waals surface area contributed by atoms with Crippen molar-refractivity contribution in [3.63, 3.8) is 0 Å². The van der Waals surface area contributed by atoms with Crippen molar-refractivity contribution in [1.82, 2.24) is 14.9 Å². The third kappa shape index (κ3) is 4.76. The summed E-state index contributed by atoms with van der Waals surface area (Å²) in [4.78, 5) is 28.1. The van der Waals surface area contributed by atoms with Gasteiger partial charge in [-0.2, -0.15) is 0 Å². The second-order valence-electron chi connectivity index (χ2n) is 6.87. The summed E-state index contributed by atoms with van der Waals surface area (Å²) in [6.45, 7) is 9.28. The van der Waals surface area contributed by atoms with Crippen molar-refractivity contribution >= 4 is 17.5 Å². The lowest BCUT2D eigenvalue weighted by molar-refractivity contribution is 0.0746. The molecule has 1 aromatic carbocycles.